The molecule has 0 spiro atoms. The molecule has 9 nitrogen and oxygen atoms in total. The Kier molecular flexibility index (Phi) is 3.91. The van der Waals surface area contributed by atoms with Crippen molar-refractivity contribution in [2.75, 3.05) is 18.5 Å². The van der Waals surface area contributed by atoms with Crippen molar-refractivity contribution >= 4 is 17.1 Å². The highest BCUT2D eigenvalue weighted by Crippen LogP contribution is 2.15. The highest BCUT2D eigenvalue weighted by atomic mass is 16.3. The fourth-order valence-electron chi connectivity index (χ4n) is 1.98. The number of nitrogens with one attached hydrogen (secondary N) is 2. The van der Waals surface area contributed by atoms with Crippen LogP contribution in [0, 0.1) is 0 Å². The summed E-state index contributed by atoms with van der Waals surface area (Å²) in [4.78, 5) is 29.9. The Morgan fingerprint density at radius 2 is 2.15 bits per heavy atom. The van der Waals surface area contributed by atoms with E-state index < -0.39 is 17.4 Å². The van der Waals surface area contributed by atoms with Gasteiger partial charge in [0, 0.05) is 13.6 Å². The summed E-state index contributed by atoms with van der Waals surface area (Å²) in [6, 6.07) is 0. The summed E-state index contributed by atoms with van der Waals surface area (Å²) < 4.78 is 2.72. The van der Waals surface area contributed by atoms with E-state index in [1.54, 1.807) is 6.92 Å². The summed E-state index contributed by atoms with van der Waals surface area (Å²) >= 11 is 0. The molecule has 0 saturated heterocycles. The highest BCUT2D eigenvalue weighted by molar-refractivity contribution is 5.74. The van der Waals surface area contributed by atoms with Crippen LogP contribution in [0.15, 0.2) is 9.59 Å². The van der Waals surface area contributed by atoms with E-state index in [0.29, 0.717) is 5.95 Å². The van der Waals surface area contributed by atoms with Gasteiger partial charge in [-0.25, -0.2) is 4.79 Å². The lowest BCUT2D eigenvalue weighted by Gasteiger charge is -2.11. The highest BCUT2D eigenvalue weighted by Gasteiger charge is 2.17. The predicted octanol–water partition coefficient (Wildman–Crippen LogP) is -1.79. The number of hydrogen-bond acceptors (Lipinski definition) is 6. The van der Waals surface area contributed by atoms with Gasteiger partial charge in [0.2, 0.25) is 5.95 Å². The monoisotopic (exact) mass is 283 g/mol. The molecule has 2 aromatic rings. The van der Waals surface area contributed by atoms with Crippen LogP contribution in [-0.4, -0.2) is 48.6 Å². The number of aromatic nitrogens is 4. The first-order valence-electron chi connectivity index (χ1n) is 6.18. The molecule has 2 aromatic heterocycles. The quantitative estimate of drug-likeness (QED) is 0.513. The Balaban J connectivity index is 2.72. The molecule has 20 heavy (non-hydrogen) atoms. The van der Waals surface area contributed by atoms with Crippen molar-refractivity contribution in [1.82, 2.24) is 19.1 Å². The first-order valence-corrected chi connectivity index (χ1v) is 6.18. The number of H-pyrrole nitrogens is 1. The summed E-state index contributed by atoms with van der Waals surface area (Å²) in [5.41, 5.74) is -0.695. The Bertz CT molecular complexity index is 727. The largest absolute Gasteiger partial charge is 0.395 e. The maximum Gasteiger partial charge on any atom is 0.329 e. The average Bonchev–Trinajstić information content (AvgIpc) is 2.72. The smallest absolute Gasteiger partial charge is 0.329 e. The second-order valence-electron chi connectivity index (χ2n) is 4.54. The number of nitrogens with zero attached hydrogens (tertiary/aromatic N) is 3. The van der Waals surface area contributed by atoms with Crippen molar-refractivity contribution in [3.63, 3.8) is 0 Å². The van der Waals surface area contributed by atoms with Crippen molar-refractivity contribution in [2.24, 2.45) is 7.05 Å². The van der Waals surface area contributed by atoms with Gasteiger partial charge in [0.05, 0.1) is 19.3 Å². The van der Waals surface area contributed by atoms with E-state index in [1.807, 2.05) is 0 Å². The molecule has 0 saturated carbocycles. The number of aromatic amines is 1. The number of aryl methyl sites for hydroxylation is 1. The molecule has 0 fully saturated rings. The van der Waals surface area contributed by atoms with E-state index in [0.717, 1.165) is 0 Å². The average molecular weight is 283 g/mol. The van der Waals surface area contributed by atoms with Gasteiger partial charge in [0.1, 0.15) is 0 Å². The van der Waals surface area contributed by atoms with E-state index >= 15 is 0 Å². The zero-order chi connectivity index (χ0) is 14.9. The molecule has 2 rings (SSSR count). The van der Waals surface area contributed by atoms with E-state index in [4.69, 9.17) is 5.11 Å². The maximum absolute atomic E-state index is 12.0. The van der Waals surface area contributed by atoms with E-state index in [1.165, 1.54) is 16.2 Å². The fraction of sp³-hybridized carbons (Fsp3) is 0.545. The van der Waals surface area contributed by atoms with Gasteiger partial charge in [-0.2, -0.15) is 4.98 Å². The van der Waals surface area contributed by atoms with E-state index in [9.17, 15) is 14.7 Å². The van der Waals surface area contributed by atoms with Crippen molar-refractivity contribution in [3.05, 3.63) is 20.8 Å². The van der Waals surface area contributed by atoms with Crippen LogP contribution in [0.3, 0.4) is 0 Å². The third kappa shape index (κ3) is 2.45. The SMILES string of the molecule is C[C@H](O)Cn1c(NCCO)nc2c1c(=O)[nH]c(=O)n2C. The number of anilines is 1. The minimum absolute atomic E-state index is 0.104. The van der Waals surface area contributed by atoms with Crippen LogP contribution in [0.2, 0.25) is 0 Å². The van der Waals surface area contributed by atoms with Crippen LogP contribution < -0.4 is 16.6 Å². The molecule has 0 aliphatic rings. The van der Waals surface area contributed by atoms with Crippen molar-refractivity contribution in [1.29, 1.82) is 0 Å². The first-order chi connectivity index (χ1) is 9.45. The topological polar surface area (TPSA) is 125 Å². The van der Waals surface area contributed by atoms with Crippen LogP contribution in [0.4, 0.5) is 5.95 Å². The second kappa shape index (κ2) is 5.47. The number of fused-ring (bicyclic) bond motifs is 1. The summed E-state index contributed by atoms with van der Waals surface area (Å²) in [5, 5.41) is 21.3. The van der Waals surface area contributed by atoms with Crippen molar-refractivity contribution in [2.45, 2.75) is 19.6 Å². The molecular weight excluding hydrogens is 266 g/mol. The van der Waals surface area contributed by atoms with E-state index in [-0.39, 0.29) is 30.9 Å². The van der Waals surface area contributed by atoms with Crippen LogP contribution in [0.1, 0.15) is 6.92 Å². The number of aliphatic hydroxyl groups is 2. The number of aliphatic hydroxyl groups excluding tert-OH is 2. The lowest BCUT2D eigenvalue weighted by atomic mass is 10.4. The van der Waals surface area contributed by atoms with Gasteiger partial charge < -0.3 is 20.1 Å². The molecule has 0 bridgehead atoms. The number of imidazole rings is 1. The molecule has 2 heterocycles. The third-order valence-electron chi connectivity index (χ3n) is 2.85. The number of rotatable bonds is 5. The molecule has 0 aliphatic heterocycles. The normalized spacial score (nSPS) is 12.8. The lowest BCUT2D eigenvalue weighted by Crippen LogP contribution is -2.29. The molecule has 4 N–H and O–H groups in total. The summed E-state index contributed by atoms with van der Waals surface area (Å²) in [5.74, 6) is 0.321. The van der Waals surface area contributed by atoms with Crippen LogP contribution in [0.25, 0.3) is 11.2 Å². The zero-order valence-electron chi connectivity index (χ0n) is 11.3. The van der Waals surface area contributed by atoms with Crippen LogP contribution in [0.5, 0.6) is 0 Å². The van der Waals surface area contributed by atoms with Gasteiger partial charge in [-0.05, 0) is 6.92 Å². The molecule has 0 aliphatic carbocycles. The molecule has 0 unspecified atom stereocenters. The third-order valence-corrected chi connectivity index (χ3v) is 2.85. The van der Waals surface area contributed by atoms with Crippen molar-refractivity contribution < 1.29 is 10.2 Å². The molecule has 0 radical (unpaired) electrons. The Morgan fingerprint density at radius 3 is 2.75 bits per heavy atom. The summed E-state index contributed by atoms with van der Waals surface area (Å²) in [6.45, 7) is 1.87. The minimum Gasteiger partial charge on any atom is -0.395 e. The minimum atomic E-state index is -0.696. The molecule has 110 valence electrons. The zero-order valence-corrected chi connectivity index (χ0v) is 11.3. The maximum atomic E-state index is 12.0. The second-order valence-corrected chi connectivity index (χ2v) is 4.54. The fourth-order valence-corrected chi connectivity index (χ4v) is 1.98. The molecule has 9 heteroatoms. The Hall–Kier alpha value is -2.13. The molecular formula is C11H17N5O4. The summed E-state index contributed by atoms with van der Waals surface area (Å²) in [7, 11) is 1.50. The molecule has 0 amide bonds. The van der Waals surface area contributed by atoms with Crippen molar-refractivity contribution in [3.8, 4) is 0 Å². The molecule has 1 atom stereocenters. The van der Waals surface area contributed by atoms with Gasteiger partial charge in [-0.15, -0.1) is 0 Å². The van der Waals surface area contributed by atoms with Gasteiger partial charge in [0.25, 0.3) is 5.56 Å². The Labute approximate surface area is 113 Å². The van der Waals surface area contributed by atoms with E-state index in [2.05, 4.69) is 15.3 Å². The van der Waals surface area contributed by atoms with Gasteiger partial charge in [0.15, 0.2) is 11.2 Å². The Morgan fingerprint density at radius 1 is 1.45 bits per heavy atom. The molecule has 0 aromatic carbocycles. The van der Waals surface area contributed by atoms with Crippen LogP contribution in [-0.2, 0) is 13.6 Å². The van der Waals surface area contributed by atoms with Gasteiger partial charge in [-0.3, -0.25) is 14.3 Å². The van der Waals surface area contributed by atoms with Gasteiger partial charge in [-0.1, -0.05) is 0 Å². The summed E-state index contributed by atoms with van der Waals surface area (Å²) in [6.07, 6.45) is -0.696. The van der Waals surface area contributed by atoms with Crippen LogP contribution >= 0.6 is 0 Å². The standard InChI is InChI=1S/C11H17N5O4/c1-6(18)5-16-7-8(13-10(16)12-3-4-17)15(2)11(20)14-9(7)19/h6,17-18H,3-5H2,1-2H3,(H,12,13)(H,14,19,20)/t6-/m0/s1. The lowest BCUT2D eigenvalue weighted by molar-refractivity contribution is 0.175. The van der Waals surface area contributed by atoms with Gasteiger partial charge >= 0.3 is 5.69 Å². The first kappa shape index (κ1) is 14.3. The predicted molar refractivity (Wildman–Crippen MR) is 72.9 cm³/mol. The number of hydrogen-bond donors (Lipinski definition) is 4.